The first-order valence-electron chi connectivity index (χ1n) is 21.9. The van der Waals surface area contributed by atoms with Gasteiger partial charge in [0.25, 0.3) is 5.91 Å². The molecular formula is C44H62F3N7O8. The maximum Gasteiger partial charge on any atom is 0.394 e. The monoisotopic (exact) mass is 873 g/mol. The second kappa shape index (κ2) is 20.3. The van der Waals surface area contributed by atoms with Gasteiger partial charge in [-0.05, 0) is 102 Å². The number of nitrogens with zero attached hydrogens (tertiary/aromatic N) is 4. The van der Waals surface area contributed by atoms with Gasteiger partial charge in [0.2, 0.25) is 18.7 Å². The van der Waals surface area contributed by atoms with Crippen molar-refractivity contribution >= 4 is 30.6 Å². The Balaban J connectivity index is 0.000000176. The number of carboxylic acids is 1. The van der Waals surface area contributed by atoms with Crippen LogP contribution in [0.5, 0.6) is 0 Å². The number of nitrogens with one attached hydrogen (secondary N) is 3. The van der Waals surface area contributed by atoms with Crippen LogP contribution >= 0.6 is 0 Å². The molecule has 2 atom stereocenters. The highest BCUT2D eigenvalue weighted by Gasteiger charge is 2.59. The van der Waals surface area contributed by atoms with E-state index in [1.165, 1.54) is 13.1 Å². The Morgan fingerprint density at radius 2 is 1.76 bits per heavy atom. The molecule has 18 heteroatoms. The number of fused-ring (bicyclic) bond motifs is 3. The Morgan fingerprint density at radius 1 is 1.05 bits per heavy atom. The summed E-state index contributed by atoms with van der Waals surface area (Å²) in [7, 11) is 0. The first-order chi connectivity index (χ1) is 29.6. The Bertz CT molecular complexity index is 1840. The molecule has 2 aliphatic carbocycles. The molecule has 0 radical (unpaired) electrons. The van der Waals surface area contributed by atoms with Gasteiger partial charge in [-0.2, -0.15) is 18.3 Å². The van der Waals surface area contributed by atoms with Crippen molar-refractivity contribution in [1.82, 2.24) is 35.5 Å². The van der Waals surface area contributed by atoms with Gasteiger partial charge in [0.15, 0.2) is 0 Å². The molecule has 2 aromatic rings. The molecule has 2 saturated carbocycles. The van der Waals surface area contributed by atoms with E-state index in [2.05, 4.69) is 21.0 Å². The lowest BCUT2D eigenvalue weighted by atomic mass is 9.72. The summed E-state index contributed by atoms with van der Waals surface area (Å²) in [6, 6.07) is 6.10. The average Bonchev–Trinajstić information content (AvgIpc) is 3.63. The third-order valence-corrected chi connectivity index (χ3v) is 13.7. The number of likely N-dealkylation sites (tertiary alicyclic amines) is 2. The zero-order valence-electron chi connectivity index (χ0n) is 35.8. The van der Waals surface area contributed by atoms with Crippen LogP contribution in [0.2, 0.25) is 0 Å². The number of alkyl halides is 3. The summed E-state index contributed by atoms with van der Waals surface area (Å²) in [5.41, 5.74) is 0.175. The Hall–Kier alpha value is -4.55. The van der Waals surface area contributed by atoms with Crippen LogP contribution in [0.25, 0.3) is 0 Å². The van der Waals surface area contributed by atoms with E-state index in [-0.39, 0.29) is 40.9 Å². The fourth-order valence-corrected chi connectivity index (χ4v) is 9.09. The number of piperidine rings is 1. The van der Waals surface area contributed by atoms with Crippen LogP contribution in [0.15, 0.2) is 36.7 Å². The quantitative estimate of drug-likeness (QED) is 0.189. The zero-order valence-corrected chi connectivity index (χ0v) is 35.8. The molecule has 4 amide bonds. The predicted octanol–water partition coefficient (Wildman–Crippen LogP) is 4.25. The van der Waals surface area contributed by atoms with Gasteiger partial charge < -0.3 is 40.3 Å². The van der Waals surface area contributed by atoms with E-state index in [4.69, 9.17) is 9.47 Å². The molecule has 2 bridgehead atoms. The third-order valence-electron chi connectivity index (χ3n) is 13.7. The zero-order chi connectivity index (χ0) is 44.5. The van der Waals surface area contributed by atoms with Crippen LogP contribution in [0, 0.1) is 22.2 Å². The van der Waals surface area contributed by atoms with Crippen molar-refractivity contribution in [3.8, 4) is 0 Å². The van der Waals surface area contributed by atoms with E-state index < -0.39 is 23.6 Å². The van der Waals surface area contributed by atoms with Crippen molar-refractivity contribution < 1.29 is 51.7 Å². The highest BCUT2D eigenvalue weighted by molar-refractivity contribution is 5.94. The smallest absolute Gasteiger partial charge is 0.394 e. The van der Waals surface area contributed by atoms with Crippen LogP contribution in [-0.2, 0) is 30.4 Å². The molecule has 1 aromatic carbocycles. The SMILES string of the molecule is CC(OCC12CCC(CC1)OC2)C(NC=O)C(=O)NCCC1CCNCC1.CC1(C(F)(F)F)CC1.O=CN1CC2(CCN(C(=O)c3cnn(Cc4ccccc4C(=O)O)c3)C2)C1. The molecule has 7 aliphatic rings. The molecule has 7 fully saturated rings. The number of ether oxygens (including phenoxy) is 2. The molecule has 2 unspecified atom stereocenters. The molecule has 62 heavy (non-hydrogen) atoms. The standard InChI is InChI=1S/C20H35N3O4.C19H20N4O4.C5H7F3/c1-15(26-12-20-7-2-17(3-8-20)27-13-20)18(23-14-24)19(25)22-11-6-16-4-9-21-10-5-16;24-13-21-10-19(11-21)5-6-22(12-19)17(25)15-7-20-23(9-15)8-14-3-1-2-4-16(14)18(26)27;1-4(2-3-4)5(6,7)8/h14-18,21H,2-13H2,1H3,(H,22,25)(H,23,24);1-4,7,9,13H,5-6,8,10-12H2,(H,26,27);2-3H2,1H3. The number of aromatic carboxylic acids is 1. The van der Waals surface area contributed by atoms with Crippen LogP contribution in [0.1, 0.15) is 104 Å². The minimum Gasteiger partial charge on any atom is -0.478 e. The summed E-state index contributed by atoms with van der Waals surface area (Å²) in [5, 5.41) is 22.5. The molecule has 4 N–H and O–H groups in total. The number of aromatic nitrogens is 2. The van der Waals surface area contributed by atoms with Crippen molar-refractivity contribution in [2.75, 3.05) is 59.0 Å². The van der Waals surface area contributed by atoms with Crippen LogP contribution in [0.3, 0.4) is 0 Å². The fraction of sp³-hybridized carbons (Fsp3) is 0.682. The van der Waals surface area contributed by atoms with Gasteiger partial charge in [-0.3, -0.25) is 23.9 Å². The number of hydrogen-bond donors (Lipinski definition) is 4. The minimum atomic E-state index is -3.95. The van der Waals surface area contributed by atoms with Gasteiger partial charge in [0.1, 0.15) is 6.04 Å². The predicted molar refractivity (Wildman–Crippen MR) is 221 cm³/mol. The molecule has 5 saturated heterocycles. The topological polar surface area (TPSA) is 184 Å². The number of carbonyl (C=O) groups is 5. The normalized spacial score (nSPS) is 24.3. The Labute approximate surface area is 360 Å². The molecule has 1 aromatic heterocycles. The molecule has 9 rings (SSSR count). The van der Waals surface area contributed by atoms with Gasteiger partial charge >= 0.3 is 12.1 Å². The van der Waals surface area contributed by atoms with Crippen molar-refractivity contribution in [2.24, 2.45) is 22.2 Å². The number of carboxylic acid groups (broad SMARTS) is 1. The van der Waals surface area contributed by atoms with Crippen LogP contribution < -0.4 is 16.0 Å². The number of rotatable bonds is 15. The lowest BCUT2D eigenvalue weighted by molar-refractivity contribution is -0.181. The lowest BCUT2D eigenvalue weighted by Gasteiger charge is -2.46. The number of amides is 4. The summed E-state index contributed by atoms with van der Waals surface area (Å²) in [4.78, 5) is 62.0. The fourth-order valence-electron chi connectivity index (χ4n) is 9.09. The third kappa shape index (κ3) is 11.9. The number of benzene rings is 1. The van der Waals surface area contributed by atoms with E-state index in [0.29, 0.717) is 81.7 Å². The number of halogens is 3. The van der Waals surface area contributed by atoms with E-state index in [9.17, 15) is 42.3 Å². The van der Waals surface area contributed by atoms with Crippen molar-refractivity contribution in [1.29, 1.82) is 0 Å². The number of carbonyl (C=O) groups excluding carboxylic acids is 4. The number of hydrogen-bond acceptors (Lipinski definition) is 9. The summed E-state index contributed by atoms with van der Waals surface area (Å²) in [5.74, 6) is -0.557. The highest BCUT2D eigenvalue weighted by atomic mass is 19.4. The van der Waals surface area contributed by atoms with Crippen LogP contribution in [-0.4, -0.2) is 139 Å². The van der Waals surface area contributed by atoms with Gasteiger partial charge in [-0.15, -0.1) is 0 Å². The highest BCUT2D eigenvalue weighted by Crippen LogP contribution is 2.56. The molecule has 342 valence electrons. The van der Waals surface area contributed by atoms with Crippen molar-refractivity contribution in [3.63, 3.8) is 0 Å². The van der Waals surface area contributed by atoms with E-state index in [1.54, 1.807) is 40.0 Å². The van der Waals surface area contributed by atoms with E-state index in [1.807, 2.05) is 11.8 Å². The lowest BCUT2D eigenvalue weighted by Crippen LogP contribution is -2.56. The van der Waals surface area contributed by atoms with E-state index >= 15 is 0 Å². The summed E-state index contributed by atoms with van der Waals surface area (Å²) in [6.07, 6.45) is 10.0. The largest absolute Gasteiger partial charge is 0.478 e. The summed E-state index contributed by atoms with van der Waals surface area (Å²) in [6.45, 7) is 10.3. The maximum atomic E-state index is 12.8. The molecule has 6 heterocycles. The Morgan fingerprint density at radius 3 is 2.35 bits per heavy atom. The Kier molecular flexibility index (Phi) is 15.4. The molecular weight excluding hydrogens is 812 g/mol. The summed E-state index contributed by atoms with van der Waals surface area (Å²) >= 11 is 0. The second-order valence-electron chi connectivity index (χ2n) is 18.5. The average molecular weight is 874 g/mol. The van der Waals surface area contributed by atoms with E-state index in [0.717, 1.165) is 77.5 Å². The second-order valence-corrected chi connectivity index (χ2v) is 18.5. The maximum absolute atomic E-state index is 12.8. The molecule has 1 spiro atoms. The summed E-state index contributed by atoms with van der Waals surface area (Å²) < 4.78 is 48.4. The van der Waals surface area contributed by atoms with Gasteiger partial charge in [-0.25, -0.2) is 4.79 Å². The van der Waals surface area contributed by atoms with Crippen molar-refractivity contribution in [2.45, 2.75) is 109 Å². The first-order valence-corrected chi connectivity index (χ1v) is 21.9. The van der Waals surface area contributed by atoms with Gasteiger partial charge in [0.05, 0.1) is 54.7 Å². The van der Waals surface area contributed by atoms with Crippen molar-refractivity contribution in [3.05, 3.63) is 53.3 Å². The van der Waals surface area contributed by atoms with Gasteiger partial charge in [0, 0.05) is 49.8 Å². The molecule has 5 aliphatic heterocycles. The van der Waals surface area contributed by atoms with Gasteiger partial charge in [-0.1, -0.05) is 25.1 Å². The van der Waals surface area contributed by atoms with Crippen LogP contribution in [0.4, 0.5) is 13.2 Å². The first kappa shape index (κ1) is 46.9. The molecule has 15 nitrogen and oxygen atoms in total. The minimum absolute atomic E-state index is 0.0486.